The molecule has 2 heterocycles. The Morgan fingerprint density at radius 2 is 1.04 bits per heavy atom. The number of anilines is 3. The lowest BCUT2D eigenvalue weighted by Gasteiger charge is -2.27. The summed E-state index contributed by atoms with van der Waals surface area (Å²) in [6, 6.07) is 64.9. The molecule has 0 saturated carbocycles. The second kappa shape index (κ2) is 11.0. The molecular formula is C46H30N2O. The van der Waals surface area contributed by atoms with E-state index in [9.17, 15) is 0 Å². The predicted octanol–water partition coefficient (Wildman–Crippen LogP) is 13.0. The first-order valence-electron chi connectivity index (χ1n) is 16.7. The maximum Gasteiger partial charge on any atom is 0.145 e. The SMILES string of the molecule is c1ccc(-c2ccc(N(c3ccc4c5ccccc5n(-c5ccccc5)c4c3)c3cc4ccccc4c4oc5ccccc5c34)cc2)cc1. The first-order valence-corrected chi connectivity index (χ1v) is 16.7. The van der Waals surface area contributed by atoms with Crippen LogP contribution in [-0.2, 0) is 0 Å². The molecule has 10 rings (SSSR count). The molecule has 0 N–H and O–H groups in total. The first kappa shape index (κ1) is 27.5. The minimum Gasteiger partial charge on any atom is -0.455 e. The minimum absolute atomic E-state index is 0.883. The number of hydrogen-bond acceptors (Lipinski definition) is 2. The van der Waals surface area contributed by atoms with Gasteiger partial charge in [0, 0.05) is 38.6 Å². The number of para-hydroxylation sites is 3. The molecule has 0 bridgehead atoms. The third-order valence-electron chi connectivity index (χ3n) is 9.75. The number of nitrogens with zero attached hydrogens (tertiary/aromatic N) is 2. The monoisotopic (exact) mass is 626 g/mol. The number of rotatable bonds is 5. The number of fused-ring (bicyclic) bond motifs is 8. The van der Waals surface area contributed by atoms with Crippen LogP contribution in [0.3, 0.4) is 0 Å². The summed E-state index contributed by atoms with van der Waals surface area (Å²) >= 11 is 0. The second-order valence-corrected chi connectivity index (χ2v) is 12.6. The van der Waals surface area contributed by atoms with Gasteiger partial charge in [-0.15, -0.1) is 0 Å². The van der Waals surface area contributed by atoms with Crippen molar-refractivity contribution in [2.45, 2.75) is 0 Å². The molecule has 230 valence electrons. The third-order valence-corrected chi connectivity index (χ3v) is 9.75. The quantitative estimate of drug-likeness (QED) is 0.190. The van der Waals surface area contributed by atoms with Gasteiger partial charge in [0.2, 0.25) is 0 Å². The van der Waals surface area contributed by atoms with Crippen LogP contribution in [0.15, 0.2) is 186 Å². The van der Waals surface area contributed by atoms with Crippen LogP contribution >= 0.6 is 0 Å². The van der Waals surface area contributed by atoms with E-state index in [1.165, 1.54) is 27.4 Å². The Morgan fingerprint density at radius 1 is 0.429 bits per heavy atom. The molecule has 0 spiro atoms. The van der Waals surface area contributed by atoms with Gasteiger partial charge in [-0.2, -0.15) is 0 Å². The molecule has 8 aromatic carbocycles. The van der Waals surface area contributed by atoms with Gasteiger partial charge in [0.1, 0.15) is 11.2 Å². The zero-order valence-electron chi connectivity index (χ0n) is 26.6. The topological polar surface area (TPSA) is 21.3 Å². The fraction of sp³-hybridized carbons (Fsp3) is 0. The fourth-order valence-corrected chi connectivity index (χ4v) is 7.53. The van der Waals surface area contributed by atoms with Gasteiger partial charge in [-0.25, -0.2) is 0 Å². The second-order valence-electron chi connectivity index (χ2n) is 12.6. The van der Waals surface area contributed by atoms with E-state index in [1.807, 2.05) is 6.07 Å². The molecule has 0 aliphatic heterocycles. The van der Waals surface area contributed by atoms with Crippen LogP contribution in [0.25, 0.3) is 71.3 Å². The number of benzene rings is 8. The minimum atomic E-state index is 0.883. The highest BCUT2D eigenvalue weighted by Gasteiger charge is 2.23. The highest BCUT2D eigenvalue weighted by atomic mass is 16.3. The van der Waals surface area contributed by atoms with Crippen molar-refractivity contribution in [3.63, 3.8) is 0 Å². The third kappa shape index (κ3) is 4.37. The Morgan fingerprint density at radius 3 is 1.86 bits per heavy atom. The van der Waals surface area contributed by atoms with Crippen molar-refractivity contribution >= 4 is 71.6 Å². The Hall–Kier alpha value is -6.58. The summed E-state index contributed by atoms with van der Waals surface area (Å²) in [5.74, 6) is 0. The first-order chi connectivity index (χ1) is 24.3. The molecular weight excluding hydrogens is 597 g/mol. The number of furan rings is 1. The van der Waals surface area contributed by atoms with Crippen molar-refractivity contribution < 1.29 is 4.42 Å². The molecule has 3 heteroatoms. The molecule has 0 aliphatic rings. The highest BCUT2D eigenvalue weighted by molar-refractivity contribution is 6.22. The van der Waals surface area contributed by atoms with E-state index < -0.39 is 0 Å². The molecule has 49 heavy (non-hydrogen) atoms. The summed E-state index contributed by atoms with van der Waals surface area (Å²) in [7, 11) is 0. The van der Waals surface area contributed by atoms with Crippen LogP contribution in [0.5, 0.6) is 0 Å². The fourth-order valence-electron chi connectivity index (χ4n) is 7.53. The molecule has 0 aliphatic carbocycles. The van der Waals surface area contributed by atoms with Gasteiger partial charge in [0.25, 0.3) is 0 Å². The maximum atomic E-state index is 6.66. The average molecular weight is 627 g/mol. The van der Waals surface area contributed by atoms with E-state index in [-0.39, 0.29) is 0 Å². The van der Waals surface area contributed by atoms with Gasteiger partial charge in [0.05, 0.1) is 22.1 Å². The Labute approximate surface area is 283 Å². The van der Waals surface area contributed by atoms with Crippen LogP contribution < -0.4 is 4.90 Å². The van der Waals surface area contributed by atoms with E-state index in [2.05, 4.69) is 185 Å². The van der Waals surface area contributed by atoms with Crippen LogP contribution in [0.2, 0.25) is 0 Å². The van der Waals surface area contributed by atoms with Crippen molar-refractivity contribution in [1.82, 2.24) is 4.57 Å². The molecule has 0 amide bonds. The van der Waals surface area contributed by atoms with E-state index in [0.717, 1.165) is 61.0 Å². The van der Waals surface area contributed by atoms with Crippen molar-refractivity contribution in [2.24, 2.45) is 0 Å². The lowest BCUT2D eigenvalue weighted by Crippen LogP contribution is -2.10. The predicted molar refractivity (Wildman–Crippen MR) is 206 cm³/mol. The molecule has 0 saturated heterocycles. The van der Waals surface area contributed by atoms with E-state index in [0.29, 0.717) is 0 Å². The van der Waals surface area contributed by atoms with Crippen molar-refractivity contribution in [3.8, 4) is 16.8 Å². The van der Waals surface area contributed by atoms with Gasteiger partial charge < -0.3 is 13.9 Å². The average Bonchev–Trinajstić information content (AvgIpc) is 3.72. The van der Waals surface area contributed by atoms with Crippen molar-refractivity contribution in [1.29, 1.82) is 0 Å². The van der Waals surface area contributed by atoms with E-state index >= 15 is 0 Å². The number of aromatic nitrogens is 1. The molecule has 0 fully saturated rings. The molecule has 0 radical (unpaired) electrons. The van der Waals surface area contributed by atoms with Crippen molar-refractivity contribution in [3.05, 3.63) is 182 Å². The lowest BCUT2D eigenvalue weighted by molar-refractivity contribution is 0.672. The summed E-state index contributed by atoms with van der Waals surface area (Å²) in [6.07, 6.45) is 0. The van der Waals surface area contributed by atoms with Crippen LogP contribution in [-0.4, -0.2) is 4.57 Å². The molecule has 3 nitrogen and oxygen atoms in total. The molecule has 2 aromatic heterocycles. The molecule has 0 atom stereocenters. The molecule has 10 aromatic rings. The maximum absolute atomic E-state index is 6.66. The van der Waals surface area contributed by atoms with Crippen LogP contribution in [0.1, 0.15) is 0 Å². The zero-order chi connectivity index (χ0) is 32.3. The summed E-state index contributed by atoms with van der Waals surface area (Å²) in [5.41, 5.74) is 10.9. The Kier molecular flexibility index (Phi) is 6.18. The zero-order valence-corrected chi connectivity index (χ0v) is 26.6. The van der Waals surface area contributed by atoms with E-state index in [1.54, 1.807) is 0 Å². The van der Waals surface area contributed by atoms with Gasteiger partial charge in [-0.05, 0) is 71.1 Å². The van der Waals surface area contributed by atoms with Gasteiger partial charge in [0.15, 0.2) is 0 Å². The van der Waals surface area contributed by atoms with Crippen molar-refractivity contribution in [2.75, 3.05) is 4.90 Å². The normalized spacial score (nSPS) is 11.7. The number of hydrogen-bond donors (Lipinski definition) is 0. The summed E-state index contributed by atoms with van der Waals surface area (Å²) in [5, 5.41) is 6.90. The van der Waals surface area contributed by atoms with Gasteiger partial charge in [-0.1, -0.05) is 127 Å². The Bertz CT molecular complexity index is 2810. The van der Waals surface area contributed by atoms with E-state index in [4.69, 9.17) is 4.42 Å². The van der Waals surface area contributed by atoms with Crippen LogP contribution in [0.4, 0.5) is 17.1 Å². The smallest absolute Gasteiger partial charge is 0.145 e. The summed E-state index contributed by atoms with van der Waals surface area (Å²) in [6.45, 7) is 0. The lowest BCUT2D eigenvalue weighted by atomic mass is 10.0. The summed E-state index contributed by atoms with van der Waals surface area (Å²) < 4.78 is 9.04. The highest BCUT2D eigenvalue weighted by Crippen LogP contribution is 2.47. The largest absolute Gasteiger partial charge is 0.455 e. The van der Waals surface area contributed by atoms with Gasteiger partial charge in [-0.3, -0.25) is 0 Å². The Balaban J connectivity index is 1.29. The standard InChI is InChI=1S/C46H30N2O/c1-3-13-31(14-4-1)32-23-25-35(26-24-32)47(43-29-33-15-7-8-18-37(33)46-45(43)40-20-10-12-22-44(40)49-46)36-27-28-39-38-19-9-11-21-41(38)48(42(39)30-36)34-16-5-2-6-17-34/h1-30H. The molecule has 0 unspecified atom stereocenters. The van der Waals surface area contributed by atoms with Crippen LogP contribution in [0, 0.1) is 0 Å². The summed E-state index contributed by atoms with van der Waals surface area (Å²) in [4.78, 5) is 2.40. The van der Waals surface area contributed by atoms with Gasteiger partial charge >= 0.3 is 0 Å².